The van der Waals surface area contributed by atoms with Gasteiger partial charge in [0.05, 0.1) is 10.5 Å². The smallest absolute Gasteiger partial charge is 0.168 e. The minimum absolute atomic E-state index is 0.186. The molecule has 0 unspecified atom stereocenters. The molecule has 0 aliphatic heterocycles. The first-order valence-corrected chi connectivity index (χ1v) is 3.88. The number of aromatic amines is 1. The monoisotopic (exact) mass is 198 g/mol. The molecule has 0 amide bonds. The Balaban J connectivity index is 2.89. The average molecular weight is 199 g/mol. The van der Waals surface area contributed by atoms with Gasteiger partial charge in [0.2, 0.25) is 0 Å². The van der Waals surface area contributed by atoms with Crippen molar-refractivity contribution in [1.29, 1.82) is 0 Å². The number of H-pyrrole nitrogens is 1. The van der Waals surface area contributed by atoms with Gasteiger partial charge in [-0.1, -0.05) is 11.6 Å². The van der Waals surface area contributed by atoms with Gasteiger partial charge in [0.15, 0.2) is 6.29 Å². The van der Waals surface area contributed by atoms with Gasteiger partial charge in [-0.3, -0.25) is 9.89 Å². The lowest BCUT2D eigenvalue weighted by Gasteiger charge is -1.93. The summed E-state index contributed by atoms with van der Waals surface area (Å²) >= 11 is 5.73. The summed E-state index contributed by atoms with van der Waals surface area (Å²) in [5, 5.41) is 6.84. The van der Waals surface area contributed by atoms with Crippen LogP contribution in [0.15, 0.2) is 12.1 Å². The number of aromatic nitrogens is 2. The maximum Gasteiger partial charge on any atom is 0.168 e. The third-order valence-corrected chi connectivity index (χ3v) is 2.02. The van der Waals surface area contributed by atoms with E-state index in [-0.39, 0.29) is 10.7 Å². The molecule has 0 radical (unpaired) electrons. The van der Waals surface area contributed by atoms with Gasteiger partial charge >= 0.3 is 0 Å². The minimum atomic E-state index is -0.471. The lowest BCUT2D eigenvalue weighted by atomic mass is 10.2. The van der Waals surface area contributed by atoms with E-state index in [0.29, 0.717) is 17.2 Å². The zero-order valence-electron chi connectivity index (χ0n) is 6.34. The molecule has 2 rings (SSSR count). The molecule has 0 fully saturated rings. The van der Waals surface area contributed by atoms with Crippen LogP contribution >= 0.6 is 11.6 Å². The van der Waals surface area contributed by atoms with Crippen LogP contribution in [0, 0.1) is 5.82 Å². The van der Waals surface area contributed by atoms with Crippen LogP contribution in [0.2, 0.25) is 5.02 Å². The van der Waals surface area contributed by atoms with Gasteiger partial charge in [-0.25, -0.2) is 4.39 Å². The molecule has 2 aromatic rings. The molecule has 0 saturated carbocycles. The average Bonchev–Trinajstić information content (AvgIpc) is 2.47. The number of hydrogen-bond donors (Lipinski definition) is 1. The molecule has 0 atom stereocenters. The van der Waals surface area contributed by atoms with Gasteiger partial charge < -0.3 is 0 Å². The number of nitrogens with zero attached hydrogens (tertiary/aromatic N) is 1. The lowest BCUT2D eigenvalue weighted by molar-refractivity contribution is 0.112. The SMILES string of the molecule is O=Cc1[nH]nc2cc(F)cc(Cl)c12. The van der Waals surface area contributed by atoms with Crippen LogP contribution in [0.5, 0.6) is 0 Å². The summed E-state index contributed by atoms with van der Waals surface area (Å²) < 4.78 is 12.8. The first-order chi connectivity index (χ1) is 6.22. The van der Waals surface area contributed by atoms with Gasteiger partial charge in [0.25, 0.3) is 0 Å². The van der Waals surface area contributed by atoms with E-state index >= 15 is 0 Å². The van der Waals surface area contributed by atoms with Crippen LogP contribution in [-0.2, 0) is 0 Å². The summed E-state index contributed by atoms with van der Waals surface area (Å²) in [7, 11) is 0. The van der Waals surface area contributed by atoms with E-state index in [1.54, 1.807) is 0 Å². The molecule has 0 aliphatic rings. The summed E-state index contributed by atoms with van der Waals surface area (Å²) in [5.41, 5.74) is 0.618. The fourth-order valence-electron chi connectivity index (χ4n) is 1.18. The van der Waals surface area contributed by atoms with Crippen LogP contribution in [0.4, 0.5) is 4.39 Å². The van der Waals surface area contributed by atoms with E-state index < -0.39 is 5.82 Å². The lowest BCUT2D eigenvalue weighted by Crippen LogP contribution is -1.80. The normalized spacial score (nSPS) is 10.6. The van der Waals surface area contributed by atoms with Crippen molar-refractivity contribution >= 4 is 28.8 Å². The van der Waals surface area contributed by atoms with Crippen molar-refractivity contribution in [3.8, 4) is 0 Å². The highest BCUT2D eigenvalue weighted by Gasteiger charge is 2.09. The van der Waals surface area contributed by atoms with Crippen LogP contribution in [0.1, 0.15) is 10.5 Å². The Morgan fingerprint density at radius 3 is 3.00 bits per heavy atom. The third kappa shape index (κ3) is 1.19. The molecule has 1 heterocycles. The highest BCUT2D eigenvalue weighted by atomic mass is 35.5. The van der Waals surface area contributed by atoms with E-state index in [4.69, 9.17) is 11.6 Å². The Hall–Kier alpha value is -1.42. The molecular weight excluding hydrogens is 195 g/mol. The predicted molar refractivity (Wildman–Crippen MR) is 46.4 cm³/mol. The van der Waals surface area contributed by atoms with E-state index in [1.165, 1.54) is 6.07 Å². The Morgan fingerprint density at radius 2 is 2.31 bits per heavy atom. The quantitative estimate of drug-likeness (QED) is 0.714. The first-order valence-electron chi connectivity index (χ1n) is 3.50. The summed E-state index contributed by atoms with van der Waals surface area (Å²) in [5.74, 6) is -0.471. The highest BCUT2D eigenvalue weighted by Crippen LogP contribution is 2.25. The molecule has 1 N–H and O–H groups in total. The summed E-state index contributed by atoms with van der Waals surface area (Å²) in [6.45, 7) is 0. The number of nitrogens with one attached hydrogen (secondary N) is 1. The minimum Gasteiger partial charge on any atom is -0.296 e. The standard InChI is InChI=1S/C8H4ClFN2O/c9-5-1-4(10)2-6-8(5)7(3-13)12-11-6/h1-3H,(H,11,12). The third-order valence-electron chi connectivity index (χ3n) is 1.72. The second-order valence-corrected chi connectivity index (χ2v) is 2.94. The van der Waals surface area contributed by atoms with Crippen LogP contribution < -0.4 is 0 Å². The topological polar surface area (TPSA) is 45.8 Å². The first kappa shape index (κ1) is 8.19. The Bertz CT molecular complexity index is 480. The maximum atomic E-state index is 12.8. The largest absolute Gasteiger partial charge is 0.296 e. The van der Waals surface area contributed by atoms with Crippen molar-refractivity contribution in [3.05, 3.63) is 28.7 Å². The molecule has 3 nitrogen and oxygen atoms in total. The second-order valence-electron chi connectivity index (χ2n) is 2.54. The van der Waals surface area contributed by atoms with Crippen molar-refractivity contribution in [3.63, 3.8) is 0 Å². The summed E-state index contributed by atoms with van der Waals surface area (Å²) in [6.07, 6.45) is 0.596. The zero-order valence-corrected chi connectivity index (χ0v) is 7.10. The molecule has 66 valence electrons. The molecule has 5 heteroatoms. The second kappa shape index (κ2) is 2.81. The van der Waals surface area contributed by atoms with Crippen LogP contribution in [0.25, 0.3) is 10.9 Å². The zero-order chi connectivity index (χ0) is 9.42. The number of fused-ring (bicyclic) bond motifs is 1. The van der Waals surface area contributed by atoms with Crippen LogP contribution in [0.3, 0.4) is 0 Å². The van der Waals surface area contributed by atoms with Crippen molar-refractivity contribution < 1.29 is 9.18 Å². The Morgan fingerprint density at radius 1 is 1.54 bits per heavy atom. The Kier molecular flexibility index (Phi) is 1.77. The molecule has 0 bridgehead atoms. The van der Waals surface area contributed by atoms with Gasteiger partial charge in [0, 0.05) is 11.5 Å². The number of carbonyl (C=O) groups is 1. The summed E-state index contributed by atoms with van der Waals surface area (Å²) in [6, 6.07) is 2.36. The number of hydrogen-bond acceptors (Lipinski definition) is 2. The number of aldehydes is 1. The number of carbonyl (C=O) groups excluding carboxylic acids is 1. The van der Waals surface area contributed by atoms with Crippen molar-refractivity contribution in [2.24, 2.45) is 0 Å². The van der Waals surface area contributed by atoms with Crippen molar-refractivity contribution in [1.82, 2.24) is 10.2 Å². The van der Waals surface area contributed by atoms with E-state index in [9.17, 15) is 9.18 Å². The molecule has 0 aliphatic carbocycles. The van der Waals surface area contributed by atoms with E-state index in [0.717, 1.165) is 6.07 Å². The van der Waals surface area contributed by atoms with Gasteiger partial charge in [-0.2, -0.15) is 5.10 Å². The predicted octanol–water partition coefficient (Wildman–Crippen LogP) is 2.17. The van der Waals surface area contributed by atoms with Gasteiger partial charge in [0.1, 0.15) is 11.5 Å². The number of benzene rings is 1. The molecule has 1 aromatic carbocycles. The van der Waals surface area contributed by atoms with Crippen LogP contribution in [-0.4, -0.2) is 16.5 Å². The van der Waals surface area contributed by atoms with Crippen molar-refractivity contribution in [2.45, 2.75) is 0 Å². The highest BCUT2D eigenvalue weighted by molar-refractivity contribution is 6.36. The maximum absolute atomic E-state index is 12.8. The summed E-state index contributed by atoms with van der Waals surface area (Å²) in [4.78, 5) is 10.5. The molecule has 0 spiro atoms. The van der Waals surface area contributed by atoms with Gasteiger partial charge in [-0.15, -0.1) is 0 Å². The van der Waals surface area contributed by atoms with Gasteiger partial charge in [-0.05, 0) is 6.07 Å². The van der Waals surface area contributed by atoms with Crippen molar-refractivity contribution in [2.75, 3.05) is 0 Å². The fraction of sp³-hybridized carbons (Fsp3) is 0. The fourth-order valence-corrected chi connectivity index (χ4v) is 1.48. The number of halogens is 2. The molecule has 13 heavy (non-hydrogen) atoms. The molecule has 0 saturated heterocycles. The number of rotatable bonds is 1. The molecule has 1 aromatic heterocycles. The Labute approximate surface area is 77.5 Å². The van der Waals surface area contributed by atoms with E-state index in [1.807, 2.05) is 0 Å². The molecular formula is C8H4ClFN2O. The van der Waals surface area contributed by atoms with E-state index in [2.05, 4.69) is 10.2 Å².